The maximum absolute atomic E-state index is 13.0. The normalized spacial score (nSPS) is 33.5. The third kappa shape index (κ3) is 4.24. The van der Waals surface area contributed by atoms with Gasteiger partial charge in [0.25, 0.3) is 0 Å². The number of nitrogens with zero attached hydrogens (tertiary/aromatic N) is 2. The van der Waals surface area contributed by atoms with Crippen molar-refractivity contribution in [3.05, 3.63) is 0 Å². The SMILES string of the molecule is O=C([C@@H]1CCC[C@H](C(F)(F)F)C1)N1CCCC[C@@H](N2CCCC2)C1. The Labute approximate surface area is 142 Å². The molecule has 3 fully saturated rings. The zero-order valence-electron chi connectivity index (χ0n) is 14.4. The Morgan fingerprint density at radius 1 is 0.875 bits per heavy atom. The number of carbonyl (C=O) groups excluding carboxylic acids is 1. The quantitative estimate of drug-likeness (QED) is 0.759. The van der Waals surface area contributed by atoms with Crippen molar-refractivity contribution in [1.82, 2.24) is 9.80 Å². The minimum atomic E-state index is -4.16. The second kappa shape index (κ2) is 7.63. The standard InChI is InChI=1S/C18H29F3N2O/c19-18(20,21)15-7-5-6-14(12-15)17(24)23-11-2-1-8-16(13-23)22-9-3-4-10-22/h14-16H,1-13H2/t14-,15+,16-/m1/s1. The van der Waals surface area contributed by atoms with Gasteiger partial charge in [-0.15, -0.1) is 0 Å². The molecule has 0 aromatic heterocycles. The number of alkyl halides is 3. The lowest BCUT2D eigenvalue weighted by Crippen LogP contribution is -2.46. The summed E-state index contributed by atoms with van der Waals surface area (Å²) in [5, 5.41) is 0. The number of rotatable bonds is 2. The number of amides is 1. The van der Waals surface area contributed by atoms with Crippen molar-refractivity contribution >= 4 is 5.91 Å². The van der Waals surface area contributed by atoms with Gasteiger partial charge in [-0.05, 0) is 58.0 Å². The Morgan fingerprint density at radius 3 is 2.29 bits per heavy atom. The van der Waals surface area contributed by atoms with Crippen LogP contribution in [0.25, 0.3) is 0 Å². The fraction of sp³-hybridized carbons (Fsp3) is 0.944. The van der Waals surface area contributed by atoms with Gasteiger partial charge in [0.15, 0.2) is 0 Å². The molecule has 1 aliphatic carbocycles. The van der Waals surface area contributed by atoms with Gasteiger partial charge >= 0.3 is 6.18 Å². The Bertz CT molecular complexity index is 434. The molecule has 3 rings (SSSR count). The number of likely N-dealkylation sites (tertiary alicyclic amines) is 2. The molecule has 6 heteroatoms. The largest absolute Gasteiger partial charge is 0.391 e. The maximum atomic E-state index is 13.0. The van der Waals surface area contributed by atoms with Gasteiger partial charge in [0, 0.05) is 25.0 Å². The molecular formula is C18H29F3N2O. The topological polar surface area (TPSA) is 23.6 Å². The first-order valence-electron chi connectivity index (χ1n) is 9.54. The van der Waals surface area contributed by atoms with E-state index in [0.29, 0.717) is 25.4 Å². The van der Waals surface area contributed by atoms with Crippen LogP contribution >= 0.6 is 0 Å². The van der Waals surface area contributed by atoms with Crippen LogP contribution in [-0.4, -0.2) is 54.1 Å². The fourth-order valence-electron chi connectivity index (χ4n) is 4.69. The van der Waals surface area contributed by atoms with Gasteiger partial charge in [-0.1, -0.05) is 12.8 Å². The fourth-order valence-corrected chi connectivity index (χ4v) is 4.69. The average molecular weight is 346 g/mol. The summed E-state index contributed by atoms with van der Waals surface area (Å²) in [6, 6.07) is 0.404. The van der Waals surface area contributed by atoms with Crippen molar-refractivity contribution < 1.29 is 18.0 Å². The van der Waals surface area contributed by atoms with Gasteiger partial charge in [-0.2, -0.15) is 13.2 Å². The van der Waals surface area contributed by atoms with Crippen LogP contribution in [0, 0.1) is 11.8 Å². The van der Waals surface area contributed by atoms with E-state index >= 15 is 0 Å². The van der Waals surface area contributed by atoms with Crippen LogP contribution in [0.2, 0.25) is 0 Å². The molecule has 1 saturated carbocycles. The van der Waals surface area contributed by atoms with Crippen molar-refractivity contribution in [3.8, 4) is 0 Å². The highest BCUT2D eigenvalue weighted by atomic mass is 19.4. The summed E-state index contributed by atoms with van der Waals surface area (Å²) in [6.07, 6.45) is 2.81. The van der Waals surface area contributed by atoms with E-state index in [1.54, 1.807) is 0 Å². The molecule has 0 aromatic carbocycles. The van der Waals surface area contributed by atoms with Crippen LogP contribution in [0.4, 0.5) is 13.2 Å². The van der Waals surface area contributed by atoms with Gasteiger partial charge in [0.1, 0.15) is 0 Å². The molecule has 2 aliphatic heterocycles. The van der Waals surface area contributed by atoms with Crippen molar-refractivity contribution in [1.29, 1.82) is 0 Å². The Kier molecular flexibility index (Phi) is 5.73. The predicted molar refractivity (Wildman–Crippen MR) is 86.5 cm³/mol. The van der Waals surface area contributed by atoms with E-state index in [0.717, 1.165) is 38.9 Å². The van der Waals surface area contributed by atoms with E-state index < -0.39 is 18.0 Å². The van der Waals surface area contributed by atoms with Gasteiger partial charge in [-0.25, -0.2) is 0 Å². The van der Waals surface area contributed by atoms with Crippen molar-refractivity contribution in [2.24, 2.45) is 11.8 Å². The molecule has 138 valence electrons. The number of halogens is 3. The van der Waals surface area contributed by atoms with Crippen molar-refractivity contribution in [2.75, 3.05) is 26.2 Å². The molecule has 3 atom stereocenters. The number of hydrogen-bond acceptors (Lipinski definition) is 2. The monoisotopic (exact) mass is 346 g/mol. The second-order valence-corrected chi connectivity index (χ2v) is 7.78. The summed E-state index contributed by atoms with van der Waals surface area (Å²) in [5.74, 6) is -1.74. The molecule has 2 heterocycles. The van der Waals surface area contributed by atoms with E-state index in [1.807, 2.05) is 4.90 Å². The summed E-state index contributed by atoms with van der Waals surface area (Å²) in [7, 11) is 0. The molecule has 2 saturated heterocycles. The average Bonchev–Trinajstić information content (AvgIpc) is 2.98. The summed E-state index contributed by atoms with van der Waals surface area (Å²) in [5.41, 5.74) is 0. The third-order valence-electron chi connectivity index (χ3n) is 6.10. The van der Waals surface area contributed by atoms with Gasteiger partial charge in [0.2, 0.25) is 5.91 Å². The van der Waals surface area contributed by atoms with E-state index in [1.165, 1.54) is 12.8 Å². The highest BCUT2D eigenvalue weighted by Crippen LogP contribution is 2.40. The Morgan fingerprint density at radius 2 is 1.58 bits per heavy atom. The molecule has 3 nitrogen and oxygen atoms in total. The molecule has 0 radical (unpaired) electrons. The van der Waals surface area contributed by atoms with Crippen LogP contribution in [0.15, 0.2) is 0 Å². The minimum Gasteiger partial charge on any atom is -0.341 e. The smallest absolute Gasteiger partial charge is 0.341 e. The number of hydrogen-bond donors (Lipinski definition) is 0. The number of carbonyl (C=O) groups is 1. The zero-order valence-corrected chi connectivity index (χ0v) is 14.4. The van der Waals surface area contributed by atoms with Crippen LogP contribution in [0.3, 0.4) is 0 Å². The summed E-state index contributed by atoms with van der Waals surface area (Å²) < 4.78 is 39.1. The van der Waals surface area contributed by atoms with Crippen molar-refractivity contribution in [2.45, 2.75) is 70.0 Å². The molecule has 0 unspecified atom stereocenters. The highest BCUT2D eigenvalue weighted by Gasteiger charge is 2.44. The Hall–Kier alpha value is -0.780. The molecule has 24 heavy (non-hydrogen) atoms. The second-order valence-electron chi connectivity index (χ2n) is 7.78. The highest BCUT2D eigenvalue weighted by molar-refractivity contribution is 5.79. The lowest BCUT2D eigenvalue weighted by Gasteiger charge is -2.35. The lowest BCUT2D eigenvalue weighted by atomic mass is 9.80. The molecule has 3 aliphatic rings. The zero-order chi connectivity index (χ0) is 17.2. The van der Waals surface area contributed by atoms with Crippen LogP contribution in [0.5, 0.6) is 0 Å². The third-order valence-corrected chi connectivity index (χ3v) is 6.10. The van der Waals surface area contributed by atoms with E-state index in [9.17, 15) is 18.0 Å². The maximum Gasteiger partial charge on any atom is 0.391 e. The Balaban J connectivity index is 1.62. The van der Waals surface area contributed by atoms with E-state index in [-0.39, 0.29) is 18.7 Å². The van der Waals surface area contributed by atoms with E-state index in [2.05, 4.69) is 4.90 Å². The molecule has 0 N–H and O–H groups in total. The van der Waals surface area contributed by atoms with Crippen LogP contribution < -0.4 is 0 Å². The first kappa shape index (κ1) is 18.0. The predicted octanol–water partition coefficient (Wildman–Crippen LogP) is 3.83. The van der Waals surface area contributed by atoms with Gasteiger partial charge in [-0.3, -0.25) is 9.69 Å². The van der Waals surface area contributed by atoms with Crippen LogP contribution in [-0.2, 0) is 4.79 Å². The summed E-state index contributed by atoms with van der Waals surface area (Å²) in [6.45, 7) is 3.64. The molecule has 0 bridgehead atoms. The van der Waals surface area contributed by atoms with E-state index in [4.69, 9.17) is 0 Å². The minimum absolute atomic E-state index is 0.00673. The first-order valence-corrected chi connectivity index (χ1v) is 9.54. The van der Waals surface area contributed by atoms with Crippen molar-refractivity contribution in [3.63, 3.8) is 0 Å². The summed E-state index contributed by atoms with van der Waals surface area (Å²) in [4.78, 5) is 17.2. The lowest BCUT2D eigenvalue weighted by molar-refractivity contribution is -0.187. The van der Waals surface area contributed by atoms with Gasteiger partial charge in [0.05, 0.1) is 5.92 Å². The molecule has 1 amide bonds. The molecule has 0 spiro atoms. The van der Waals surface area contributed by atoms with Crippen LogP contribution in [0.1, 0.15) is 57.8 Å². The molecular weight excluding hydrogens is 317 g/mol. The molecule has 0 aromatic rings. The summed E-state index contributed by atoms with van der Waals surface area (Å²) >= 11 is 0. The van der Waals surface area contributed by atoms with Gasteiger partial charge < -0.3 is 4.90 Å². The first-order chi connectivity index (χ1) is 11.4.